The first-order valence-corrected chi connectivity index (χ1v) is 6.20. The number of benzene rings is 1. The van der Waals surface area contributed by atoms with E-state index in [1.54, 1.807) is 0 Å². The Balaban J connectivity index is 2.22. The number of thiol groups is 1. The molecule has 3 heteroatoms. The van der Waals surface area contributed by atoms with Crippen LogP contribution in [0.4, 0.5) is 5.69 Å². The van der Waals surface area contributed by atoms with Crippen LogP contribution in [0.25, 0.3) is 0 Å². The summed E-state index contributed by atoms with van der Waals surface area (Å²) in [5.41, 5.74) is 2.33. The fraction of sp³-hybridized carbons (Fsp3) is 0.462. The highest BCUT2D eigenvalue weighted by Gasteiger charge is 2.29. The third kappa shape index (κ3) is 1.96. The van der Waals surface area contributed by atoms with Crippen LogP contribution in [0.15, 0.2) is 24.3 Å². The molecule has 0 saturated carbocycles. The molecule has 0 fully saturated rings. The van der Waals surface area contributed by atoms with Crippen molar-refractivity contribution in [2.45, 2.75) is 25.5 Å². The summed E-state index contributed by atoms with van der Waals surface area (Å²) in [5, 5.41) is -0.203. The molecular formula is C13H17NOS. The lowest BCUT2D eigenvalue weighted by molar-refractivity contribution is -0.118. The molecule has 1 heterocycles. The molecule has 0 aromatic heterocycles. The maximum Gasteiger partial charge on any atom is 0.240 e. The van der Waals surface area contributed by atoms with E-state index >= 15 is 0 Å². The second kappa shape index (κ2) is 4.50. The summed E-state index contributed by atoms with van der Waals surface area (Å²) in [6, 6.07) is 8.10. The number of rotatable bonds is 2. The zero-order chi connectivity index (χ0) is 11.7. The van der Waals surface area contributed by atoms with Crippen LogP contribution in [0, 0.1) is 5.92 Å². The number of carbonyl (C=O) groups is 1. The molecule has 16 heavy (non-hydrogen) atoms. The molecule has 1 aliphatic rings. The van der Waals surface area contributed by atoms with Gasteiger partial charge in [-0.15, -0.1) is 0 Å². The number of amides is 1. The van der Waals surface area contributed by atoms with Crippen LogP contribution in [0.5, 0.6) is 0 Å². The summed E-state index contributed by atoms with van der Waals surface area (Å²) in [4.78, 5) is 14.1. The van der Waals surface area contributed by atoms with E-state index in [2.05, 4.69) is 18.7 Å². The summed E-state index contributed by atoms with van der Waals surface area (Å²) in [6.45, 7) is 4.84. The van der Waals surface area contributed by atoms with Gasteiger partial charge in [0.15, 0.2) is 0 Å². The average Bonchev–Trinajstić information content (AvgIpc) is 2.70. The zero-order valence-corrected chi connectivity index (χ0v) is 10.6. The van der Waals surface area contributed by atoms with Crippen molar-refractivity contribution >= 4 is 24.2 Å². The number of nitrogens with zero attached hydrogens (tertiary/aromatic N) is 1. The Morgan fingerprint density at radius 2 is 2.06 bits per heavy atom. The van der Waals surface area contributed by atoms with Crippen LogP contribution < -0.4 is 4.90 Å². The van der Waals surface area contributed by atoms with Gasteiger partial charge in [-0.25, -0.2) is 0 Å². The molecule has 0 bridgehead atoms. The van der Waals surface area contributed by atoms with Crippen molar-refractivity contribution in [3.63, 3.8) is 0 Å². The number of fused-ring (bicyclic) bond motifs is 1. The van der Waals surface area contributed by atoms with Gasteiger partial charge in [0.1, 0.15) is 0 Å². The van der Waals surface area contributed by atoms with Gasteiger partial charge in [-0.3, -0.25) is 4.79 Å². The Hall–Kier alpha value is -0.960. The predicted octanol–water partition coefficient (Wildman–Crippen LogP) is 2.53. The molecule has 86 valence electrons. The number of carbonyl (C=O) groups excluding carboxylic acids is 1. The van der Waals surface area contributed by atoms with Gasteiger partial charge in [0.2, 0.25) is 5.91 Å². The van der Waals surface area contributed by atoms with Crippen LogP contribution in [-0.2, 0) is 11.2 Å². The third-order valence-corrected chi connectivity index (χ3v) is 3.85. The first-order chi connectivity index (χ1) is 7.61. The summed E-state index contributed by atoms with van der Waals surface area (Å²) in [6.07, 6.45) is 0.959. The molecule has 1 amide bonds. The number of hydrogen-bond donors (Lipinski definition) is 1. The summed E-state index contributed by atoms with van der Waals surface area (Å²) in [5.74, 6) is 0.395. The van der Waals surface area contributed by atoms with Gasteiger partial charge in [-0.2, -0.15) is 12.6 Å². The van der Waals surface area contributed by atoms with E-state index in [1.165, 1.54) is 5.56 Å². The van der Waals surface area contributed by atoms with Gasteiger partial charge < -0.3 is 4.90 Å². The standard InChI is InChI=1S/C13H17NOS/c1-9(2)12(16)13(15)14-8-7-10-5-3-4-6-11(10)14/h3-6,9,12,16H,7-8H2,1-2H3. The van der Waals surface area contributed by atoms with Crippen molar-refractivity contribution in [3.8, 4) is 0 Å². The molecule has 2 nitrogen and oxygen atoms in total. The van der Waals surface area contributed by atoms with Crippen molar-refractivity contribution in [2.75, 3.05) is 11.4 Å². The highest BCUT2D eigenvalue weighted by molar-refractivity contribution is 7.81. The van der Waals surface area contributed by atoms with E-state index in [1.807, 2.05) is 36.9 Å². The van der Waals surface area contributed by atoms with Crippen molar-refractivity contribution in [1.82, 2.24) is 0 Å². The van der Waals surface area contributed by atoms with Crippen LogP contribution in [0.1, 0.15) is 19.4 Å². The van der Waals surface area contributed by atoms with Crippen LogP contribution >= 0.6 is 12.6 Å². The molecule has 1 unspecified atom stereocenters. The number of anilines is 1. The van der Waals surface area contributed by atoms with Gasteiger partial charge in [0.25, 0.3) is 0 Å². The molecule has 0 spiro atoms. The highest BCUT2D eigenvalue weighted by Crippen LogP contribution is 2.29. The summed E-state index contributed by atoms with van der Waals surface area (Å²) in [7, 11) is 0. The number of hydrogen-bond acceptors (Lipinski definition) is 2. The maximum atomic E-state index is 12.2. The van der Waals surface area contributed by atoms with Crippen LogP contribution in [-0.4, -0.2) is 17.7 Å². The highest BCUT2D eigenvalue weighted by atomic mass is 32.1. The van der Waals surface area contributed by atoms with E-state index < -0.39 is 0 Å². The Labute approximate surface area is 102 Å². The van der Waals surface area contributed by atoms with Crippen LogP contribution in [0.2, 0.25) is 0 Å². The summed E-state index contributed by atoms with van der Waals surface area (Å²) >= 11 is 4.40. The van der Waals surface area contributed by atoms with E-state index in [4.69, 9.17) is 0 Å². The first-order valence-electron chi connectivity index (χ1n) is 5.68. The minimum absolute atomic E-state index is 0.128. The molecule has 1 aliphatic heterocycles. The fourth-order valence-corrected chi connectivity index (χ4v) is 2.15. The van der Waals surface area contributed by atoms with Gasteiger partial charge in [0.05, 0.1) is 5.25 Å². The van der Waals surface area contributed by atoms with Crippen molar-refractivity contribution in [2.24, 2.45) is 5.92 Å². The Morgan fingerprint density at radius 1 is 1.38 bits per heavy atom. The van der Waals surface area contributed by atoms with Gasteiger partial charge in [-0.1, -0.05) is 32.0 Å². The third-order valence-electron chi connectivity index (χ3n) is 3.04. The molecule has 0 aliphatic carbocycles. The Morgan fingerprint density at radius 3 is 2.75 bits per heavy atom. The minimum atomic E-state index is -0.203. The molecule has 0 radical (unpaired) electrons. The second-order valence-electron chi connectivity index (χ2n) is 4.56. The van der Waals surface area contributed by atoms with Gasteiger partial charge in [0, 0.05) is 12.2 Å². The topological polar surface area (TPSA) is 20.3 Å². The SMILES string of the molecule is CC(C)C(S)C(=O)N1CCc2ccccc21. The maximum absolute atomic E-state index is 12.2. The molecule has 0 N–H and O–H groups in total. The van der Waals surface area contributed by atoms with Gasteiger partial charge >= 0.3 is 0 Å². The lowest BCUT2D eigenvalue weighted by atomic mass is 10.1. The van der Waals surface area contributed by atoms with Crippen molar-refractivity contribution in [3.05, 3.63) is 29.8 Å². The van der Waals surface area contributed by atoms with Crippen molar-refractivity contribution in [1.29, 1.82) is 0 Å². The first kappa shape index (κ1) is 11.5. The van der Waals surface area contributed by atoms with E-state index in [9.17, 15) is 4.79 Å². The predicted molar refractivity (Wildman–Crippen MR) is 70.1 cm³/mol. The van der Waals surface area contributed by atoms with E-state index in [0.717, 1.165) is 18.7 Å². The Bertz CT molecular complexity index is 403. The monoisotopic (exact) mass is 235 g/mol. The fourth-order valence-electron chi connectivity index (χ4n) is 2.01. The average molecular weight is 235 g/mol. The quantitative estimate of drug-likeness (QED) is 0.781. The van der Waals surface area contributed by atoms with E-state index in [-0.39, 0.29) is 17.1 Å². The molecule has 1 aromatic rings. The normalized spacial score (nSPS) is 16.4. The van der Waals surface area contributed by atoms with Crippen molar-refractivity contribution < 1.29 is 4.79 Å². The Kier molecular flexibility index (Phi) is 3.24. The molecule has 2 rings (SSSR count). The molecule has 1 atom stereocenters. The molecular weight excluding hydrogens is 218 g/mol. The smallest absolute Gasteiger partial charge is 0.240 e. The van der Waals surface area contributed by atoms with Gasteiger partial charge in [-0.05, 0) is 24.0 Å². The van der Waals surface area contributed by atoms with Crippen LogP contribution in [0.3, 0.4) is 0 Å². The number of para-hydroxylation sites is 1. The lowest BCUT2D eigenvalue weighted by Crippen LogP contribution is -2.37. The summed E-state index contributed by atoms with van der Waals surface area (Å²) < 4.78 is 0. The molecule has 1 aromatic carbocycles. The minimum Gasteiger partial charge on any atom is -0.311 e. The zero-order valence-electron chi connectivity index (χ0n) is 9.68. The second-order valence-corrected chi connectivity index (χ2v) is 5.11. The molecule has 0 saturated heterocycles. The van der Waals surface area contributed by atoms with E-state index in [0.29, 0.717) is 0 Å². The lowest BCUT2D eigenvalue weighted by Gasteiger charge is -2.23. The largest absolute Gasteiger partial charge is 0.311 e.